The molecule has 6 rings (SSSR count). The van der Waals surface area contributed by atoms with Crippen LogP contribution in [0.4, 0.5) is 4.79 Å². The maximum atomic E-state index is 15.3. The van der Waals surface area contributed by atoms with Crippen molar-refractivity contribution in [2.75, 3.05) is 53.2 Å². The molecule has 6 N–H and O–H groups in total. The number of hydrogen-bond donors (Lipinski definition) is 6. The molecular weight excluding hydrogens is 1180 g/mol. The number of nitrogens with one attached hydrogen (secondary N) is 3. The van der Waals surface area contributed by atoms with Crippen molar-refractivity contribution in [2.45, 2.75) is 173 Å². The van der Waals surface area contributed by atoms with E-state index in [-0.39, 0.29) is 98.9 Å². The second-order valence-electron chi connectivity index (χ2n) is 24.8. The van der Waals surface area contributed by atoms with E-state index in [1.165, 1.54) is 59.1 Å². The van der Waals surface area contributed by atoms with E-state index in [9.17, 15) is 58.5 Å². The summed E-state index contributed by atoms with van der Waals surface area (Å²) >= 11 is 0. The summed E-state index contributed by atoms with van der Waals surface area (Å²) in [4.78, 5) is 148. The highest BCUT2D eigenvalue weighted by molar-refractivity contribution is 5.95. The molecule has 26 nitrogen and oxygen atoms in total. The van der Waals surface area contributed by atoms with Gasteiger partial charge in [0.25, 0.3) is 0 Å². The van der Waals surface area contributed by atoms with E-state index in [0.29, 0.717) is 12.8 Å². The van der Waals surface area contributed by atoms with Gasteiger partial charge in [0.05, 0.1) is 48.7 Å². The zero-order chi connectivity index (χ0) is 66.5. The van der Waals surface area contributed by atoms with Crippen LogP contribution in [0.5, 0.6) is 0 Å². The highest BCUT2D eigenvalue weighted by Crippen LogP contribution is 2.64. The number of ether oxygens (including phenoxy) is 9. The van der Waals surface area contributed by atoms with Crippen molar-refractivity contribution >= 4 is 65.1 Å². The number of hydrogen-bond acceptors (Lipinski definition) is 23. The van der Waals surface area contributed by atoms with Gasteiger partial charge in [-0.25, -0.2) is 19.2 Å². The van der Waals surface area contributed by atoms with E-state index in [0.717, 1.165) is 6.92 Å². The third-order valence-corrected chi connectivity index (χ3v) is 17.1. The molecule has 0 radical (unpaired) electrons. The number of carbonyl (C=O) groups is 11. The van der Waals surface area contributed by atoms with Crippen LogP contribution in [0.1, 0.15) is 136 Å². The molecule has 3 fully saturated rings. The minimum atomic E-state index is -2.52. The lowest BCUT2D eigenvalue weighted by atomic mass is 9.44. The fourth-order valence-electron chi connectivity index (χ4n) is 12.5. The third-order valence-electron chi connectivity index (χ3n) is 17.1. The van der Waals surface area contributed by atoms with E-state index >= 15 is 9.59 Å². The standard InChI is InChI=1S/C64H85N3O23/c1-11-84-56(77)40(28-41(69)25-26-42(70)31-66-46(72)32-82-10)24-18-19-27-65-47(73)33-83-34-48(74)87-52(50(38-20-14-12-15-21-38)67-59(80)90-60(4,5)6)58(79)86-43-30-64(81)55(88-57(78)39-22-16-13-17-23-39)53-62(9,54(76)51(75)49(36(43)2)61(64,7)8)44(71)29-45-63(53,35-85-45)89-37(3)68/h12-17,20-23,40,43-45,50-53,55,71,75,81H,11,18-19,24-35H2,1-10H3,(H,65,73)(H,66,72)(H,67,80)/t40-,43+,44+,45-,50?,51-,52-,53+,55+,62-,63+,64-/m1/s1. The molecule has 1 heterocycles. The highest BCUT2D eigenvalue weighted by atomic mass is 16.6. The lowest BCUT2D eigenvalue weighted by Crippen LogP contribution is -2.81. The van der Waals surface area contributed by atoms with Gasteiger partial charge < -0.3 is 73.9 Å². The van der Waals surface area contributed by atoms with E-state index < -0.39 is 155 Å². The molecule has 1 saturated heterocycles. The van der Waals surface area contributed by atoms with Crippen LogP contribution in [0.3, 0.4) is 0 Å². The first-order valence-corrected chi connectivity index (χ1v) is 30.0. The average Bonchev–Trinajstić information content (AvgIpc) is 0.672. The molecule has 26 heteroatoms. The summed E-state index contributed by atoms with van der Waals surface area (Å²) in [6, 6.07) is 13.8. The second kappa shape index (κ2) is 30.5. The summed E-state index contributed by atoms with van der Waals surface area (Å²) in [5, 5.41) is 46.1. The summed E-state index contributed by atoms with van der Waals surface area (Å²) in [6.07, 6.45) is -12.2. The number of aliphatic hydroxyl groups is 3. The van der Waals surface area contributed by atoms with Crippen molar-refractivity contribution in [3.05, 3.63) is 82.9 Å². The Morgan fingerprint density at radius 1 is 0.822 bits per heavy atom. The largest absolute Gasteiger partial charge is 0.466 e. The minimum Gasteiger partial charge on any atom is -0.466 e. The molecule has 2 bridgehead atoms. The van der Waals surface area contributed by atoms with Gasteiger partial charge in [0.1, 0.15) is 67.3 Å². The lowest BCUT2D eigenvalue weighted by molar-refractivity contribution is -0.346. The fraction of sp³-hybridized carbons (Fsp3) is 0.609. The fourth-order valence-corrected chi connectivity index (χ4v) is 12.5. The molecule has 0 aromatic heterocycles. The predicted molar refractivity (Wildman–Crippen MR) is 314 cm³/mol. The Balaban J connectivity index is 1.23. The highest BCUT2D eigenvalue weighted by Gasteiger charge is 2.78. The van der Waals surface area contributed by atoms with Gasteiger partial charge in [-0.3, -0.25) is 33.6 Å². The quantitative estimate of drug-likeness (QED) is 0.0294. The molecule has 1 unspecified atom stereocenters. The molecule has 0 spiro atoms. The number of alkyl carbamates (subject to hydrolysis) is 1. The van der Waals surface area contributed by atoms with Crippen LogP contribution in [-0.2, 0) is 85.8 Å². The number of methoxy groups -OCH3 is 1. The van der Waals surface area contributed by atoms with Crippen LogP contribution < -0.4 is 16.0 Å². The topological polar surface area (TPSA) is 368 Å². The Bertz CT molecular complexity index is 3000. The van der Waals surface area contributed by atoms with E-state index in [2.05, 4.69) is 16.0 Å². The van der Waals surface area contributed by atoms with Crippen molar-refractivity contribution in [1.82, 2.24) is 16.0 Å². The van der Waals surface area contributed by atoms with Gasteiger partial charge >= 0.3 is 35.9 Å². The van der Waals surface area contributed by atoms with Crippen LogP contribution in [0.15, 0.2) is 71.8 Å². The van der Waals surface area contributed by atoms with Crippen LogP contribution in [0.25, 0.3) is 0 Å². The van der Waals surface area contributed by atoms with Gasteiger partial charge in [-0.2, -0.15) is 0 Å². The van der Waals surface area contributed by atoms with Crippen molar-refractivity contribution in [1.29, 1.82) is 0 Å². The number of unbranched alkanes of at least 4 members (excludes halogenated alkanes) is 1. The maximum Gasteiger partial charge on any atom is 0.408 e. The van der Waals surface area contributed by atoms with Crippen molar-refractivity contribution in [3.63, 3.8) is 0 Å². The zero-order valence-electron chi connectivity index (χ0n) is 52.6. The normalized spacial score (nSPS) is 25.9. The number of carbonyl (C=O) groups excluding carboxylic acids is 11. The lowest BCUT2D eigenvalue weighted by Gasteiger charge is -2.67. The summed E-state index contributed by atoms with van der Waals surface area (Å²) in [6.45, 7) is 10.9. The van der Waals surface area contributed by atoms with Crippen molar-refractivity contribution < 1.29 is 111 Å². The number of amides is 3. The number of benzene rings is 2. The molecule has 2 aromatic carbocycles. The molecule has 4 aliphatic rings. The summed E-state index contributed by atoms with van der Waals surface area (Å²) in [5.41, 5.74) is -9.31. The number of Topliss-reactive ketones (excluding diaryl/α,β-unsaturated/α-hetero) is 3. The van der Waals surface area contributed by atoms with Gasteiger partial charge in [0.2, 0.25) is 17.9 Å². The van der Waals surface area contributed by atoms with Gasteiger partial charge in [-0.1, -0.05) is 68.8 Å². The smallest absolute Gasteiger partial charge is 0.408 e. The average molecular weight is 1260 g/mol. The number of fused-ring (bicyclic) bond motifs is 5. The Morgan fingerprint density at radius 3 is 2.08 bits per heavy atom. The number of esters is 5. The van der Waals surface area contributed by atoms with Gasteiger partial charge in [0.15, 0.2) is 17.2 Å². The van der Waals surface area contributed by atoms with Gasteiger partial charge in [0, 0.05) is 58.1 Å². The van der Waals surface area contributed by atoms with Gasteiger partial charge in [-0.05, 0) is 83.2 Å². The van der Waals surface area contributed by atoms with Crippen molar-refractivity contribution in [3.8, 4) is 0 Å². The molecule has 2 saturated carbocycles. The van der Waals surface area contributed by atoms with Crippen LogP contribution in [0, 0.1) is 22.7 Å². The number of aliphatic hydroxyl groups excluding tert-OH is 2. The summed E-state index contributed by atoms with van der Waals surface area (Å²) in [5.74, 6) is -10.4. The number of ketones is 3. The molecule has 3 aliphatic carbocycles. The first-order chi connectivity index (χ1) is 42.3. The number of rotatable bonds is 29. The summed E-state index contributed by atoms with van der Waals surface area (Å²) in [7, 11) is 1.33. The minimum absolute atomic E-state index is 0.00738. The SMILES string of the molecule is CCOC(=O)[C@H](CCCCNC(=O)COCC(=O)O[C@@H](C(=O)O[C@H]1C[C@@]2(O)[C@@H](OC(=O)c3ccccc3)[C@@H]3[C@]4(OC(C)=O)CO[C@@H]4C[C@H](O)[C@@]3(C)C(=O)[C@H](O)C(=C1C)C2(C)C)C(NC(=O)OC(C)(C)C)c1ccccc1)CC(=O)CCC(=O)CNC(=O)COC. The molecule has 3 amide bonds. The monoisotopic (exact) mass is 1260 g/mol. The maximum absolute atomic E-state index is 15.3. The van der Waals surface area contributed by atoms with Crippen LogP contribution in [-0.4, -0.2) is 187 Å². The summed E-state index contributed by atoms with van der Waals surface area (Å²) < 4.78 is 51.4. The molecule has 1 aliphatic heterocycles. The van der Waals surface area contributed by atoms with Crippen molar-refractivity contribution in [2.24, 2.45) is 22.7 Å². The molecule has 12 atom stereocenters. The Labute approximate surface area is 522 Å². The van der Waals surface area contributed by atoms with E-state index in [1.54, 1.807) is 64.1 Å². The predicted octanol–water partition coefficient (Wildman–Crippen LogP) is 3.36. The van der Waals surface area contributed by atoms with Gasteiger partial charge in [-0.15, -0.1) is 0 Å². The van der Waals surface area contributed by atoms with E-state index in [1.807, 2.05) is 0 Å². The zero-order valence-corrected chi connectivity index (χ0v) is 52.6. The molecule has 494 valence electrons. The Kier molecular flexibility index (Phi) is 24.3. The molecular formula is C64H85N3O23. The molecule has 2 aromatic rings. The first kappa shape index (κ1) is 71.6. The molecule has 90 heavy (non-hydrogen) atoms. The van der Waals surface area contributed by atoms with Crippen LogP contribution >= 0.6 is 0 Å². The first-order valence-electron chi connectivity index (χ1n) is 30.0. The van der Waals surface area contributed by atoms with Crippen LogP contribution in [0.2, 0.25) is 0 Å². The Hall–Kier alpha value is -7.49. The Morgan fingerprint density at radius 2 is 1.47 bits per heavy atom. The second-order valence-corrected chi connectivity index (χ2v) is 24.8. The van der Waals surface area contributed by atoms with E-state index in [4.69, 9.17) is 42.6 Å². The third kappa shape index (κ3) is 16.7.